The first kappa shape index (κ1) is 19.9. The molecule has 0 unspecified atom stereocenters. The number of fused-ring (bicyclic) bond motifs is 1. The van der Waals surface area contributed by atoms with Crippen LogP contribution in [0.2, 0.25) is 5.02 Å². The Labute approximate surface area is 178 Å². The van der Waals surface area contributed by atoms with Crippen molar-refractivity contribution < 1.29 is 14.3 Å². The topological polar surface area (TPSA) is 59.5 Å². The van der Waals surface area contributed by atoms with Gasteiger partial charge in [-0.1, -0.05) is 59.3 Å². The molecule has 1 saturated heterocycles. The molecule has 0 radical (unpaired) electrons. The van der Waals surface area contributed by atoms with Crippen LogP contribution in [0.15, 0.2) is 48.5 Å². The number of ether oxygens (including phenoxy) is 1. The molecule has 5 nitrogen and oxygen atoms in total. The highest BCUT2D eigenvalue weighted by atomic mass is 35.5. The van der Waals surface area contributed by atoms with E-state index in [1.165, 1.54) is 11.3 Å². The zero-order valence-corrected chi connectivity index (χ0v) is 17.4. The van der Waals surface area contributed by atoms with Gasteiger partial charge in [-0.15, -0.1) is 0 Å². The minimum absolute atomic E-state index is 0.00617. The second kappa shape index (κ2) is 8.93. The molecule has 4 rings (SSSR count). The average Bonchev–Trinajstić information content (AvgIpc) is 3.17. The van der Waals surface area contributed by atoms with Crippen LogP contribution in [0.3, 0.4) is 0 Å². The number of halogens is 1. The number of carbonyl (C=O) groups excluding carboxylic acids is 2. The number of nitrogens with zero attached hydrogens (tertiary/aromatic N) is 2. The Hall–Kier alpha value is -2.44. The summed E-state index contributed by atoms with van der Waals surface area (Å²) < 4.78 is 7.04. The van der Waals surface area contributed by atoms with Gasteiger partial charge in [0.2, 0.25) is 5.91 Å². The number of Topliss-reactive ketones (excluding diaryl/α,β-unsaturated/α-hetero) is 1. The third-order valence-corrected chi connectivity index (χ3v) is 6.29. The third-order valence-electron chi connectivity index (χ3n) is 5.07. The Morgan fingerprint density at radius 3 is 2.55 bits per heavy atom. The molecule has 0 N–H and O–H groups in total. The number of rotatable bonds is 6. The van der Waals surface area contributed by atoms with Crippen molar-refractivity contribution in [1.29, 1.82) is 0 Å². The Morgan fingerprint density at radius 1 is 1.07 bits per heavy atom. The van der Waals surface area contributed by atoms with E-state index < -0.39 is 0 Å². The summed E-state index contributed by atoms with van der Waals surface area (Å²) >= 11 is 7.66. The lowest BCUT2D eigenvalue weighted by molar-refractivity contribution is -0.132. The van der Waals surface area contributed by atoms with Gasteiger partial charge in [0.25, 0.3) is 5.19 Å². The van der Waals surface area contributed by atoms with Crippen molar-refractivity contribution in [3.63, 3.8) is 0 Å². The molecule has 0 atom stereocenters. The highest BCUT2D eigenvalue weighted by Gasteiger charge is 2.25. The van der Waals surface area contributed by atoms with Gasteiger partial charge in [0, 0.05) is 44.3 Å². The van der Waals surface area contributed by atoms with Crippen LogP contribution >= 0.6 is 22.9 Å². The van der Waals surface area contributed by atoms with E-state index in [0.29, 0.717) is 28.9 Å². The molecule has 7 heteroatoms. The first-order chi connectivity index (χ1) is 14.1. The number of ketones is 1. The maximum atomic E-state index is 12.5. The summed E-state index contributed by atoms with van der Waals surface area (Å²) in [5.74, 6) is 0.0335. The lowest BCUT2D eigenvalue weighted by Crippen LogP contribution is -2.41. The minimum atomic E-state index is 0.00617. The van der Waals surface area contributed by atoms with E-state index in [9.17, 15) is 9.59 Å². The van der Waals surface area contributed by atoms with Gasteiger partial charge in [-0.2, -0.15) is 0 Å². The summed E-state index contributed by atoms with van der Waals surface area (Å²) in [6.45, 7) is 1.27. The average molecular weight is 429 g/mol. The standard InChI is InChI=1S/C22H21ClN2O3S/c23-17-7-4-8-19-21(17)24-22(29-19)28-16-11-13-25(14-12-16)20(27)10-9-18(26)15-5-2-1-3-6-15/h1-8,16H,9-14H2. The van der Waals surface area contributed by atoms with Gasteiger partial charge in [0.1, 0.15) is 11.6 Å². The Bertz CT molecular complexity index is 1010. The normalized spacial score (nSPS) is 14.9. The number of benzene rings is 2. The van der Waals surface area contributed by atoms with Gasteiger partial charge in [-0.05, 0) is 12.1 Å². The number of likely N-dealkylation sites (tertiary alicyclic amines) is 1. The maximum Gasteiger partial charge on any atom is 0.274 e. The predicted molar refractivity (Wildman–Crippen MR) is 115 cm³/mol. The van der Waals surface area contributed by atoms with Crippen molar-refractivity contribution in [1.82, 2.24) is 9.88 Å². The van der Waals surface area contributed by atoms with E-state index in [1.807, 2.05) is 41.3 Å². The number of para-hydroxylation sites is 1. The molecule has 2 aromatic carbocycles. The van der Waals surface area contributed by atoms with Crippen molar-refractivity contribution >= 4 is 44.8 Å². The molecule has 0 spiro atoms. The van der Waals surface area contributed by atoms with E-state index >= 15 is 0 Å². The molecule has 0 aliphatic carbocycles. The number of hydrogen-bond acceptors (Lipinski definition) is 5. The molecular formula is C22H21ClN2O3S. The molecule has 0 saturated carbocycles. The number of amides is 1. The highest BCUT2D eigenvalue weighted by molar-refractivity contribution is 7.20. The molecule has 1 fully saturated rings. The number of piperidine rings is 1. The summed E-state index contributed by atoms with van der Waals surface area (Å²) in [5, 5.41) is 1.24. The van der Waals surface area contributed by atoms with E-state index in [-0.39, 0.29) is 30.6 Å². The van der Waals surface area contributed by atoms with Crippen LogP contribution in [-0.4, -0.2) is 40.8 Å². The van der Waals surface area contributed by atoms with E-state index in [0.717, 1.165) is 23.1 Å². The van der Waals surface area contributed by atoms with Crippen molar-refractivity contribution in [2.24, 2.45) is 0 Å². The number of hydrogen-bond donors (Lipinski definition) is 0. The Kier molecular flexibility index (Phi) is 6.11. The van der Waals surface area contributed by atoms with Gasteiger partial charge >= 0.3 is 0 Å². The quantitative estimate of drug-likeness (QED) is 0.519. The second-order valence-electron chi connectivity index (χ2n) is 7.05. The number of thiazole rings is 1. The van der Waals surface area contributed by atoms with Crippen LogP contribution in [0.4, 0.5) is 0 Å². The summed E-state index contributed by atoms with van der Waals surface area (Å²) in [6.07, 6.45) is 2.02. The van der Waals surface area contributed by atoms with Gasteiger partial charge in [-0.3, -0.25) is 9.59 Å². The predicted octanol–water partition coefficient (Wildman–Crippen LogP) is 4.98. The van der Waals surface area contributed by atoms with Gasteiger partial charge < -0.3 is 9.64 Å². The molecular weight excluding hydrogens is 408 g/mol. The van der Waals surface area contributed by atoms with Gasteiger partial charge in [-0.25, -0.2) is 4.98 Å². The van der Waals surface area contributed by atoms with E-state index in [1.54, 1.807) is 12.1 Å². The molecule has 1 amide bonds. The summed E-state index contributed by atoms with van der Waals surface area (Å²) in [4.78, 5) is 31.0. The smallest absolute Gasteiger partial charge is 0.274 e. The van der Waals surface area contributed by atoms with E-state index in [2.05, 4.69) is 4.98 Å². The molecule has 1 aliphatic rings. The zero-order chi connectivity index (χ0) is 20.2. The Morgan fingerprint density at radius 2 is 1.83 bits per heavy atom. The first-order valence-electron chi connectivity index (χ1n) is 9.68. The van der Waals surface area contributed by atoms with Crippen LogP contribution in [0.5, 0.6) is 5.19 Å². The third kappa shape index (κ3) is 4.77. The van der Waals surface area contributed by atoms with Crippen LogP contribution < -0.4 is 4.74 Å². The minimum Gasteiger partial charge on any atom is -0.467 e. The fourth-order valence-electron chi connectivity index (χ4n) is 3.46. The van der Waals surface area contributed by atoms with Gasteiger partial charge in [0.15, 0.2) is 5.78 Å². The Balaban J connectivity index is 1.26. The summed E-state index contributed by atoms with van der Waals surface area (Å²) in [6, 6.07) is 14.8. The summed E-state index contributed by atoms with van der Waals surface area (Å²) in [7, 11) is 0. The first-order valence-corrected chi connectivity index (χ1v) is 10.9. The molecule has 29 heavy (non-hydrogen) atoms. The summed E-state index contributed by atoms with van der Waals surface area (Å²) in [5.41, 5.74) is 1.42. The molecule has 150 valence electrons. The molecule has 3 aromatic rings. The fourth-order valence-corrected chi connectivity index (χ4v) is 4.64. The second-order valence-corrected chi connectivity index (χ2v) is 8.45. The molecule has 2 heterocycles. The zero-order valence-electron chi connectivity index (χ0n) is 15.8. The van der Waals surface area contributed by atoms with Crippen molar-refractivity contribution in [3.8, 4) is 5.19 Å². The largest absolute Gasteiger partial charge is 0.467 e. The fraction of sp³-hybridized carbons (Fsp3) is 0.318. The van der Waals surface area contributed by atoms with Crippen LogP contribution in [0.1, 0.15) is 36.0 Å². The monoisotopic (exact) mass is 428 g/mol. The van der Waals surface area contributed by atoms with Crippen LogP contribution in [0.25, 0.3) is 10.2 Å². The van der Waals surface area contributed by atoms with Gasteiger partial charge in [0.05, 0.1) is 9.72 Å². The SMILES string of the molecule is O=C(CCC(=O)N1CCC(Oc2nc3c(Cl)cccc3s2)CC1)c1ccccc1. The molecule has 1 aromatic heterocycles. The van der Waals surface area contributed by atoms with Crippen LogP contribution in [-0.2, 0) is 4.79 Å². The van der Waals surface area contributed by atoms with Crippen molar-refractivity contribution in [2.75, 3.05) is 13.1 Å². The van der Waals surface area contributed by atoms with Crippen LogP contribution in [0, 0.1) is 0 Å². The van der Waals surface area contributed by atoms with Crippen molar-refractivity contribution in [2.45, 2.75) is 31.8 Å². The van der Waals surface area contributed by atoms with Crippen molar-refractivity contribution in [3.05, 3.63) is 59.1 Å². The number of aromatic nitrogens is 1. The number of carbonyl (C=O) groups is 2. The van der Waals surface area contributed by atoms with E-state index in [4.69, 9.17) is 16.3 Å². The molecule has 0 bridgehead atoms. The molecule has 1 aliphatic heterocycles. The lowest BCUT2D eigenvalue weighted by Gasteiger charge is -2.31. The highest BCUT2D eigenvalue weighted by Crippen LogP contribution is 2.33. The lowest BCUT2D eigenvalue weighted by atomic mass is 10.0. The maximum absolute atomic E-state index is 12.5.